The van der Waals surface area contributed by atoms with E-state index in [1.807, 2.05) is 42.5 Å². The molecule has 0 fully saturated rings. The average Bonchev–Trinajstić information content (AvgIpc) is 3.10. The number of halogens is 1. The number of fused-ring (bicyclic) bond motifs is 1. The first-order valence-electron chi connectivity index (χ1n) is 8.14. The lowest BCUT2D eigenvalue weighted by molar-refractivity contribution is -0.125. The molecule has 3 aromatic rings. The lowest BCUT2D eigenvalue weighted by Gasteiger charge is -2.25. The molecule has 0 unspecified atom stereocenters. The Hall–Kier alpha value is -2.80. The average molecular weight is 414 g/mol. The van der Waals surface area contributed by atoms with Crippen molar-refractivity contribution in [1.82, 2.24) is 9.78 Å². The zero-order chi connectivity index (χ0) is 17.9. The summed E-state index contributed by atoms with van der Waals surface area (Å²) in [6.45, 7) is 0.727. The van der Waals surface area contributed by atoms with E-state index in [4.69, 9.17) is 9.47 Å². The van der Waals surface area contributed by atoms with E-state index in [1.54, 1.807) is 23.0 Å². The Kier molecular flexibility index (Phi) is 4.62. The summed E-state index contributed by atoms with van der Waals surface area (Å²) in [4.78, 5) is 12.6. The topological polar surface area (TPSA) is 65.4 Å². The molecule has 1 aliphatic heterocycles. The maximum Gasteiger partial charge on any atom is 0.270 e. The first kappa shape index (κ1) is 16.7. The third kappa shape index (κ3) is 3.57. The fourth-order valence-electron chi connectivity index (χ4n) is 2.68. The first-order chi connectivity index (χ1) is 12.7. The molecule has 26 heavy (non-hydrogen) atoms. The Bertz CT molecular complexity index is 924. The van der Waals surface area contributed by atoms with Crippen molar-refractivity contribution in [3.63, 3.8) is 0 Å². The number of para-hydroxylation sites is 2. The number of ether oxygens (including phenoxy) is 2. The molecule has 7 heteroatoms. The number of hydrogen-bond donors (Lipinski definition) is 1. The molecule has 132 valence electrons. The summed E-state index contributed by atoms with van der Waals surface area (Å²) in [5.41, 5.74) is 1.08. The van der Waals surface area contributed by atoms with Crippen LogP contribution in [0.1, 0.15) is 5.56 Å². The van der Waals surface area contributed by atoms with Crippen molar-refractivity contribution >= 4 is 27.7 Å². The number of carbonyl (C=O) groups excluding carboxylic acids is 1. The third-order valence-corrected chi connectivity index (χ3v) is 4.54. The van der Waals surface area contributed by atoms with Gasteiger partial charge < -0.3 is 14.8 Å². The monoisotopic (exact) mass is 413 g/mol. The molecule has 0 aliphatic carbocycles. The number of carbonyl (C=O) groups is 1. The number of benzene rings is 2. The number of rotatable bonds is 4. The van der Waals surface area contributed by atoms with Gasteiger partial charge in [0.2, 0.25) is 6.10 Å². The molecule has 0 saturated heterocycles. The van der Waals surface area contributed by atoms with Crippen molar-refractivity contribution in [2.75, 3.05) is 11.9 Å². The van der Waals surface area contributed by atoms with Crippen LogP contribution in [0.3, 0.4) is 0 Å². The van der Waals surface area contributed by atoms with Gasteiger partial charge in [-0.15, -0.1) is 0 Å². The van der Waals surface area contributed by atoms with Crippen LogP contribution in [-0.2, 0) is 11.3 Å². The van der Waals surface area contributed by atoms with Gasteiger partial charge >= 0.3 is 0 Å². The fraction of sp³-hybridized carbons (Fsp3) is 0.158. The highest BCUT2D eigenvalue weighted by Crippen LogP contribution is 2.31. The van der Waals surface area contributed by atoms with E-state index >= 15 is 0 Å². The van der Waals surface area contributed by atoms with Crippen LogP contribution in [0.25, 0.3) is 0 Å². The lowest BCUT2D eigenvalue weighted by Crippen LogP contribution is -2.40. The minimum atomic E-state index is -0.707. The van der Waals surface area contributed by atoms with Crippen molar-refractivity contribution in [2.45, 2.75) is 12.6 Å². The van der Waals surface area contributed by atoms with E-state index in [0.717, 1.165) is 10.0 Å². The zero-order valence-electron chi connectivity index (χ0n) is 13.8. The second-order valence-corrected chi connectivity index (χ2v) is 6.77. The van der Waals surface area contributed by atoms with Gasteiger partial charge in [0.25, 0.3) is 5.91 Å². The van der Waals surface area contributed by atoms with Gasteiger partial charge in [0.05, 0.1) is 12.7 Å². The number of aromatic nitrogens is 2. The van der Waals surface area contributed by atoms with E-state index in [1.165, 1.54) is 0 Å². The molecule has 1 amide bonds. The molecule has 1 atom stereocenters. The summed E-state index contributed by atoms with van der Waals surface area (Å²) in [6.07, 6.45) is 0.947. The molecule has 6 nitrogen and oxygen atoms in total. The van der Waals surface area contributed by atoms with Crippen LogP contribution in [0.4, 0.5) is 5.82 Å². The van der Waals surface area contributed by atoms with Crippen LogP contribution < -0.4 is 14.8 Å². The summed E-state index contributed by atoms with van der Waals surface area (Å²) < 4.78 is 14.1. The maximum absolute atomic E-state index is 12.6. The quantitative estimate of drug-likeness (QED) is 0.710. The maximum atomic E-state index is 12.6. The van der Waals surface area contributed by atoms with E-state index in [2.05, 4.69) is 26.3 Å². The lowest BCUT2D eigenvalue weighted by atomic mass is 10.2. The van der Waals surface area contributed by atoms with Gasteiger partial charge in [-0.25, -0.2) is 4.68 Å². The molecular weight excluding hydrogens is 398 g/mol. The summed E-state index contributed by atoms with van der Waals surface area (Å²) in [7, 11) is 0. The molecule has 1 aromatic heterocycles. The number of nitrogens with zero attached hydrogens (tertiary/aromatic N) is 2. The van der Waals surface area contributed by atoms with Crippen molar-refractivity contribution in [2.24, 2.45) is 0 Å². The third-order valence-electron chi connectivity index (χ3n) is 4.01. The molecule has 0 bridgehead atoms. The van der Waals surface area contributed by atoms with Crippen molar-refractivity contribution in [1.29, 1.82) is 0 Å². The molecule has 1 N–H and O–H groups in total. The first-order valence-corrected chi connectivity index (χ1v) is 8.94. The number of amides is 1. The minimum absolute atomic E-state index is 0.170. The normalized spacial score (nSPS) is 15.5. The molecule has 0 spiro atoms. The smallest absolute Gasteiger partial charge is 0.270 e. The van der Waals surface area contributed by atoms with Gasteiger partial charge in [0.1, 0.15) is 12.4 Å². The van der Waals surface area contributed by atoms with Gasteiger partial charge in [-0.3, -0.25) is 4.79 Å². The Labute approximate surface area is 158 Å². The van der Waals surface area contributed by atoms with Crippen LogP contribution in [-0.4, -0.2) is 28.4 Å². The van der Waals surface area contributed by atoms with Crippen LogP contribution in [0.5, 0.6) is 11.5 Å². The number of anilines is 1. The zero-order valence-corrected chi connectivity index (χ0v) is 15.3. The Morgan fingerprint density at radius 3 is 2.73 bits per heavy atom. The fourth-order valence-corrected chi connectivity index (χ4v) is 2.95. The second kappa shape index (κ2) is 7.21. The van der Waals surface area contributed by atoms with Crippen LogP contribution in [0.15, 0.2) is 65.3 Å². The molecular formula is C19H16BrN3O3. The molecule has 0 saturated carbocycles. The highest BCUT2D eigenvalue weighted by Gasteiger charge is 2.27. The Balaban J connectivity index is 1.44. The van der Waals surface area contributed by atoms with Gasteiger partial charge in [0.15, 0.2) is 11.5 Å². The van der Waals surface area contributed by atoms with Crippen LogP contribution in [0, 0.1) is 0 Å². The van der Waals surface area contributed by atoms with E-state index in [-0.39, 0.29) is 12.5 Å². The Morgan fingerprint density at radius 2 is 1.92 bits per heavy atom. The molecule has 0 radical (unpaired) electrons. The van der Waals surface area contributed by atoms with Crippen LogP contribution >= 0.6 is 15.9 Å². The molecule has 2 aromatic carbocycles. The summed E-state index contributed by atoms with van der Waals surface area (Å²) in [6, 6.07) is 17.0. The molecule has 4 rings (SSSR count). The molecule has 1 aliphatic rings. The summed E-state index contributed by atoms with van der Waals surface area (Å²) >= 11 is 3.42. The van der Waals surface area contributed by atoms with Gasteiger partial charge in [-0.1, -0.05) is 40.2 Å². The highest BCUT2D eigenvalue weighted by atomic mass is 79.9. The van der Waals surface area contributed by atoms with E-state index in [0.29, 0.717) is 23.9 Å². The summed E-state index contributed by atoms with van der Waals surface area (Å²) in [5.74, 6) is 1.57. The number of hydrogen-bond acceptors (Lipinski definition) is 4. The number of nitrogens with one attached hydrogen (secondary N) is 1. The van der Waals surface area contributed by atoms with Gasteiger partial charge in [-0.2, -0.15) is 5.10 Å². The predicted molar refractivity (Wildman–Crippen MR) is 100 cm³/mol. The van der Waals surface area contributed by atoms with Gasteiger partial charge in [-0.05, 0) is 29.8 Å². The molecule has 2 heterocycles. The van der Waals surface area contributed by atoms with E-state index < -0.39 is 6.10 Å². The van der Waals surface area contributed by atoms with Crippen molar-refractivity contribution in [3.8, 4) is 11.5 Å². The van der Waals surface area contributed by atoms with Crippen molar-refractivity contribution in [3.05, 3.63) is 70.8 Å². The largest absolute Gasteiger partial charge is 0.485 e. The Morgan fingerprint density at radius 1 is 1.15 bits per heavy atom. The standard InChI is InChI=1S/C19H16BrN3O3/c20-14-7-5-13(6-8-14)11-23-18(9-10-21-23)22-19(24)17-12-25-15-3-1-2-4-16(15)26-17/h1-10,17H,11-12H2,(H,22,24)/t17-/m0/s1. The minimum Gasteiger partial charge on any atom is -0.485 e. The van der Waals surface area contributed by atoms with E-state index in [9.17, 15) is 4.79 Å². The summed E-state index contributed by atoms with van der Waals surface area (Å²) in [5, 5.41) is 7.16. The van der Waals surface area contributed by atoms with Crippen LogP contribution in [0.2, 0.25) is 0 Å². The van der Waals surface area contributed by atoms with Gasteiger partial charge in [0, 0.05) is 10.5 Å². The SMILES string of the molecule is O=C(Nc1ccnn1Cc1ccc(Br)cc1)[C@@H]1COc2ccccc2O1. The predicted octanol–water partition coefficient (Wildman–Crippen LogP) is 3.47. The van der Waals surface area contributed by atoms with Crippen molar-refractivity contribution < 1.29 is 14.3 Å². The second-order valence-electron chi connectivity index (χ2n) is 5.85. The highest BCUT2D eigenvalue weighted by molar-refractivity contribution is 9.10.